The molecule has 12 amide bonds. The van der Waals surface area contributed by atoms with Gasteiger partial charge in [0.1, 0.15) is 48.3 Å². The summed E-state index contributed by atoms with van der Waals surface area (Å²) in [4.78, 5) is 155. The van der Waals surface area contributed by atoms with Crippen molar-refractivity contribution < 1.29 is 63.0 Å². The number of likely N-dealkylation sites (tertiary alicyclic amines) is 1. The van der Waals surface area contributed by atoms with E-state index in [1.165, 1.54) is 6.92 Å². The number of para-hydroxylation sites is 1. The van der Waals surface area contributed by atoms with Crippen molar-refractivity contribution in [1.82, 2.24) is 68.6 Å². The second-order valence-corrected chi connectivity index (χ2v) is 24.2. The predicted octanol–water partition coefficient (Wildman–Crippen LogP) is -1.49. The Morgan fingerprint density at radius 1 is 0.681 bits per heavy atom. The molecule has 3 aromatic carbocycles. The number of carbonyl (C=O) groups excluding carboxylic acids is 11. The Balaban J connectivity index is 1.31. The molecule has 0 radical (unpaired) electrons. The minimum Gasteiger partial charge on any atom is -0.391 e. The van der Waals surface area contributed by atoms with E-state index in [4.69, 9.17) is 16.9 Å². The van der Waals surface area contributed by atoms with Gasteiger partial charge in [-0.25, -0.2) is 10.2 Å². The number of nitrogens with zero attached hydrogens (tertiary/aromatic N) is 1. The molecule has 2 heterocycles. The van der Waals surface area contributed by atoms with E-state index in [0.717, 1.165) is 22.7 Å². The van der Waals surface area contributed by atoms with Crippen LogP contribution < -0.4 is 70.2 Å². The van der Waals surface area contributed by atoms with Gasteiger partial charge in [-0.05, 0) is 60.3 Å². The van der Waals surface area contributed by atoms with E-state index in [2.05, 4.69) is 63.7 Å². The third kappa shape index (κ3) is 21.5. The zero-order valence-electron chi connectivity index (χ0n) is 52.5. The lowest BCUT2D eigenvalue weighted by Crippen LogP contribution is -2.62. The van der Waals surface area contributed by atoms with Crippen LogP contribution in [0.5, 0.6) is 0 Å². The Morgan fingerprint density at radius 2 is 1.25 bits per heavy atom. The van der Waals surface area contributed by atoms with Gasteiger partial charge in [-0.2, -0.15) is 0 Å². The topological polar surface area (TPSA) is 455 Å². The van der Waals surface area contributed by atoms with E-state index in [1.54, 1.807) is 109 Å². The van der Waals surface area contributed by atoms with Gasteiger partial charge in [-0.3, -0.25) is 58.8 Å². The van der Waals surface area contributed by atoms with Gasteiger partial charge >= 0.3 is 6.03 Å². The highest BCUT2D eigenvalue weighted by Crippen LogP contribution is 2.41. The average molecular weight is 1270 g/mol. The van der Waals surface area contributed by atoms with E-state index in [0.29, 0.717) is 16.7 Å². The largest absolute Gasteiger partial charge is 0.391 e. The first-order valence-corrected chi connectivity index (χ1v) is 30.0. The smallest absolute Gasteiger partial charge is 0.334 e. The summed E-state index contributed by atoms with van der Waals surface area (Å²) in [5.41, 5.74) is 15.8. The van der Waals surface area contributed by atoms with E-state index in [-0.39, 0.29) is 69.9 Å². The highest BCUT2D eigenvalue weighted by atomic mass is 16.3. The monoisotopic (exact) mass is 1260 g/mol. The number of aliphatic hydroxyl groups is 2. The van der Waals surface area contributed by atoms with Crippen molar-refractivity contribution >= 4 is 82.0 Å². The number of nitrogens with one attached hydrogen (secondary N) is 13. The number of aromatic nitrogens is 1. The summed E-state index contributed by atoms with van der Waals surface area (Å²) in [6.45, 7) is 10.8. The number of β-amino-alcohol motifs (C(OH)–C–C–N with tert-alkyl or cyclic N) is 1. The van der Waals surface area contributed by atoms with Gasteiger partial charge < -0.3 is 79.4 Å². The second kappa shape index (κ2) is 33.3. The van der Waals surface area contributed by atoms with Crippen LogP contribution in [-0.4, -0.2) is 171 Å². The summed E-state index contributed by atoms with van der Waals surface area (Å²) in [7, 11) is 1.54. The van der Waals surface area contributed by atoms with Crippen LogP contribution in [0.2, 0.25) is 0 Å². The highest BCUT2D eigenvalue weighted by molar-refractivity contribution is 5.99. The van der Waals surface area contributed by atoms with Crippen molar-refractivity contribution in [1.29, 1.82) is 5.41 Å². The van der Waals surface area contributed by atoms with Gasteiger partial charge in [-0.15, -0.1) is 0 Å². The third-order valence-electron chi connectivity index (χ3n) is 15.5. The van der Waals surface area contributed by atoms with Crippen LogP contribution in [-0.2, 0) is 67.2 Å². The Bertz CT molecular complexity index is 3230. The molecule has 91 heavy (non-hydrogen) atoms. The summed E-state index contributed by atoms with van der Waals surface area (Å²) in [6, 6.07) is 11.5. The fraction of sp³-hybridized carbons (Fsp3) is 0.484. The first kappa shape index (κ1) is 72.1. The summed E-state index contributed by atoms with van der Waals surface area (Å²) >= 11 is 0. The Hall–Kier alpha value is -9.64. The maximum Gasteiger partial charge on any atom is 0.334 e. The van der Waals surface area contributed by atoms with Gasteiger partial charge in [-0.1, -0.05) is 113 Å². The van der Waals surface area contributed by atoms with E-state index in [9.17, 15) is 63.0 Å². The van der Waals surface area contributed by atoms with Gasteiger partial charge in [0.05, 0.1) is 24.7 Å². The fourth-order valence-corrected chi connectivity index (χ4v) is 10.3. The number of hydrogen-bond acceptors (Lipinski definition) is 14. The molecule has 4 aromatic rings. The van der Waals surface area contributed by atoms with E-state index >= 15 is 0 Å². The standard InChI is InChI=1S/C62H88N16O13/c1-34(2)26-44(53(84)70-42(24-17-25-67-59(65)66-8)52(83)71-43(51(64)82)29-39-32-68-41-23-16-15-22-40(39)41)74-60(90)77-76-55(86)45(27-37-18-11-9-12-19-37)73-57(88)50(35(3)79)75-54(85)46(30-49(63)81)72-56(87)48-31-62(91,61(5,6)7)33-78(48)58(89)47(69-36(4)80)28-38-20-13-10-14-21-38/h9-16,18-23,32,34-35,42-48,50,68,79,91H,17,24-31,33H2,1-8H3,(H2,63,81)(H2,64,82)(H,69,80)(H,70,84)(H,71,83)(H,72,87)(H,73,88)(H,75,85)(H,76,86)(H3,65,66,67)(H2,74,77,90)/t35-,42+,43+,44+,45+,46+,47+,48+,50+,62-/m1/s1. The molecule has 5 rings (SSSR count). The number of primary amides is 2. The van der Waals surface area contributed by atoms with Crippen LogP contribution in [0.3, 0.4) is 0 Å². The molecule has 29 heteroatoms. The molecule has 0 aliphatic carbocycles. The Morgan fingerprint density at radius 3 is 1.82 bits per heavy atom. The second-order valence-electron chi connectivity index (χ2n) is 24.2. The first-order chi connectivity index (χ1) is 42.9. The van der Waals surface area contributed by atoms with Crippen molar-refractivity contribution in [3.05, 3.63) is 108 Å². The zero-order valence-corrected chi connectivity index (χ0v) is 52.5. The SMILES string of the molecule is CNC(=N)NCCC[C@H](NC(=O)[C@H](CC(C)C)NC(=O)NNC(=O)[C@H](Cc1ccccc1)NC(=O)[C@@H](NC(=O)[C@H](CC(N)=O)NC(=O)[C@@H]1C[C@](O)(C(C)(C)C)CN1C(=O)[C@H](Cc1ccccc1)NC(C)=O)[C@@H](C)O)C(=O)N[C@@H](Cc1c[nH]c2ccccc12)C(N)=O. The maximum absolute atomic E-state index is 14.4. The molecular formula is C62H88N16O13. The van der Waals surface area contributed by atoms with Crippen LogP contribution in [0.4, 0.5) is 4.79 Å². The quantitative estimate of drug-likeness (QED) is 0.0122. The number of hydrogen-bond donors (Lipinski definition) is 17. The predicted molar refractivity (Wildman–Crippen MR) is 336 cm³/mol. The molecule has 29 nitrogen and oxygen atoms in total. The lowest BCUT2D eigenvalue weighted by atomic mass is 9.75. The Kier molecular flexibility index (Phi) is 26.4. The third-order valence-corrected chi connectivity index (χ3v) is 15.5. The summed E-state index contributed by atoms with van der Waals surface area (Å²) < 4.78 is 0. The normalized spacial score (nSPS) is 17.2. The maximum atomic E-state index is 14.4. The zero-order chi connectivity index (χ0) is 67.3. The fourth-order valence-electron chi connectivity index (χ4n) is 10.3. The van der Waals surface area contributed by atoms with Gasteiger partial charge in [0.25, 0.3) is 5.91 Å². The molecule has 494 valence electrons. The van der Waals surface area contributed by atoms with Crippen LogP contribution in [0.25, 0.3) is 10.9 Å². The highest BCUT2D eigenvalue weighted by Gasteiger charge is 2.54. The molecule has 10 atom stereocenters. The minimum atomic E-state index is -1.89. The number of guanidine groups is 1. The number of urea groups is 1. The Labute approximate surface area is 527 Å². The lowest BCUT2D eigenvalue weighted by Gasteiger charge is -2.37. The summed E-state index contributed by atoms with van der Waals surface area (Å²) in [5, 5.41) is 54.9. The molecule has 19 N–H and O–H groups in total. The van der Waals surface area contributed by atoms with Crippen LogP contribution in [0.15, 0.2) is 91.1 Å². The average Bonchev–Trinajstić information content (AvgIpc) is 1.63. The molecule has 1 saturated heterocycles. The number of hydrazine groups is 1. The van der Waals surface area contributed by atoms with Crippen LogP contribution in [0.1, 0.15) is 97.3 Å². The van der Waals surface area contributed by atoms with Crippen LogP contribution in [0, 0.1) is 16.7 Å². The number of amides is 12. The van der Waals surface area contributed by atoms with Gasteiger partial charge in [0.2, 0.25) is 53.2 Å². The number of aromatic amines is 1. The van der Waals surface area contributed by atoms with Crippen LogP contribution >= 0.6 is 0 Å². The molecule has 0 spiro atoms. The molecular weight excluding hydrogens is 1180 g/mol. The number of nitrogens with two attached hydrogens (primary N) is 2. The number of fused-ring (bicyclic) bond motifs is 1. The van der Waals surface area contributed by atoms with Crippen molar-refractivity contribution in [2.24, 2.45) is 22.8 Å². The molecule has 1 aliphatic heterocycles. The van der Waals surface area contributed by atoms with Crippen molar-refractivity contribution in [2.45, 2.75) is 160 Å². The molecule has 1 aromatic heterocycles. The number of benzene rings is 3. The number of rotatable bonds is 30. The van der Waals surface area contributed by atoms with Crippen molar-refractivity contribution in [3.8, 4) is 0 Å². The molecule has 1 fully saturated rings. The minimum absolute atomic E-state index is 0.00123. The van der Waals surface area contributed by atoms with Gasteiger partial charge in [0, 0.05) is 63.3 Å². The molecule has 0 saturated carbocycles. The summed E-state index contributed by atoms with van der Waals surface area (Å²) in [5.74, 6) is -9.38. The lowest BCUT2D eigenvalue weighted by molar-refractivity contribution is -0.143. The number of carbonyl (C=O) groups is 11. The molecule has 1 aliphatic rings. The van der Waals surface area contributed by atoms with Crippen molar-refractivity contribution in [3.63, 3.8) is 0 Å². The van der Waals surface area contributed by atoms with E-state index < -0.39 is 137 Å². The van der Waals surface area contributed by atoms with Crippen molar-refractivity contribution in [2.75, 3.05) is 20.1 Å². The van der Waals surface area contributed by atoms with Gasteiger partial charge in [0.15, 0.2) is 5.96 Å². The molecule has 0 unspecified atom stereocenters. The first-order valence-electron chi connectivity index (χ1n) is 30.0. The molecule has 0 bridgehead atoms. The number of H-pyrrole nitrogens is 1. The summed E-state index contributed by atoms with van der Waals surface area (Å²) in [6.07, 6.45) is -1.15. The number of aliphatic hydroxyl groups excluding tert-OH is 1. The van der Waals surface area contributed by atoms with E-state index in [1.807, 2.05) is 24.3 Å².